The number of carboxylic acids is 1. The topological polar surface area (TPSA) is 82.1 Å². The molecule has 176 valence electrons. The molecule has 6 nitrogen and oxygen atoms in total. The number of allylic oxidation sites excluding steroid dienone is 1. The lowest BCUT2D eigenvalue weighted by Crippen LogP contribution is -2.10. The maximum atomic E-state index is 13.0. The summed E-state index contributed by atoms with van der Waals surface area (Å²) in [4.78, 5) is 25.2. The van der Waals surface area contributed by atoms with Crippen LogP contribution in [-0.4, -0.2) is 37.2 Å². The van der Waals surface area contributed by atoms with Crippen molar-refractivity contribution in [2.75, 3.05) is 20.3 Å². The minimum atomic E-state index is -1.10. The molecule has 1 N–H and O–H groups in total. The van der Waals surface area contributed by atoms with Crippen molar-refractivity contribution < 1.29 is 28.9 Å². The Kier molecular flexibility index (Phi) is 6.25. The third kappa shape index (κ3) is 4.63. The number of ether oxygens (including phenoxy) is 3. The van der Waals surface area contributed by atoms with Gasteiger partial charge in [0, 0.05) is 33.2 Å². The van der Waals surface area contributed by atoms with E-state index in [0.717, 1.165) is 32.5 Å². The number of rotatable bonds is 8. The van der Waals surface area contributed by atoms with E-state index in [1.807, 2.05) is 36.4 Å². The Bertz CT molecular complexity index is 1430. The molecule has 1 aromatic heterocycles. The van der Waals surface area contributed by atoms with Crippen LogP contribution in [0.15, 0.2) is 66.7 Å². The SMILES string of the molecule is COc1cc(OCC(=O)O)c(/C=C/C(=O)c2cccc3c2OCC3)cc1-c1cc2ccccc2s1. The number of carbonyl (C=O) groups excluding carboxylic acids is 1. The lowest BCUT2D eigenvalue weighted by Gasteiger charge is -2.13. The largest absolute Gasteiger partial charge is 0.496 e. The Balaban J connectivity index is 1.56. The minimum Gasteiger partial charge on any atom is -0.496 e. The van der Waals surface area contributed by atoms with Gasteiger partial charge in [-0.25, -0.2) is 4.79 Å². The maximum absolute atomic E-state index is 13.0. The Morgan fingerprint density at radius 1 is 1.09 bits per heavy atom. The van der Waals surface area contributed by atoms with Gasteiger partial charge in [0.25, 0.3) is 0 Å². The van der Waals surface area contributed by atoms with Crippen LogP contribution in [0.3, 0.4) is 0 Å². The number of thiophene rings is 1. The van der Waals surface area contributed by atoms with Crippen LogP contribution in [0.2, 0.25) is 0 Å². The Morgan fingerprint density at radius 3 is 2.74 bits per heavy atom. The highest BCUT2D eigenvalue weighted by Gasteiger charge is 2.20. The number of carboxylic acid groups (broad SMARTS) is 1. The fourth-order valence-corrected chi connectivity index (χ4v) is 5.20. The van der Waals surface area contributed by atoms with Crippen LogP contribution < -0.4 is 14.2 Å². The standard InChI is InChI=1S/C28H22O6S/c1-32-24-15-23(34-16-27(30)31)18(13-21(24)26-14-19-5-2-3-8-25(19)35-26)9-10-22(29)20-7-4-6-17-11-12-33-28(17)20/h2-10,13-15H,11-12,16H2,1H3,(H,30,31)/b10-9+. The molecular weight excluding hydrogens is 464 g/mol. The van der Waals surface area contributed by atoms with Crippen molar-refractivity contribution in [3.63, 3.8) is 0 Å². The van der Waals surface area contributed by atoms with Gasteiger partial charge in [0.05, 0.1) is 19.3 Å². The number of hydrogen-bond acceptors (Lipinski definition) is 6. The summed E-state index contributed by atoms with van der Waals surface area (Å²) in [6, 6.07) is 19.2. The Morgan fingerprint density at radius 2 is 1.94 bits per heavy atom. The first-order valence-electron chi connectivity index (χ1n) is 11.1. The number of carbonyl (C=O) groups is 2. The van der Waals surface area contributed by atoms with E-state index in [1.54, 1.807) is 36.7 Å². The first-order valence-corrected chi connectivity index (χ1v) is 11.9. The molecule has 1 aliphatic heterocycles. The zero-order valence-corrected chi connectivity index (χ0v) is 19.8. The number of benzene rings is 3. The van der Waals surface area contributed by atoms with E-state index in [-0.39, 0.29) is 5.78 Å². The molecule has 0 amide bonds. The maximum Gasteiger partial charge on any atom is 0.341 e. The van der Waals surface area contributed by atoms with Gasteiger partial charge in [0.1, 0.15) is 17.2 Å². The van der Waals surface area contributed by atoms with Gasteiger partial charge in [-0.2, -0.15) is 0 Å². The normalized spacial score (nSPS) is 12.5. The first-order chi connectivity index (χ1) is 17.0. The summed E-state index contributed by atoms with van der Waals surface area (Å²) in [7, 11) is 1.56. The van der Waals surface area contributed by atoms with E-state index in [9.17, 15) is 9.59 Å². The van der Waals surface area contributed by atoms with Crippen LogP contribution >= 0.6 is 11.3 Å². The van der Waals surface area contributed by atoms with Crippen molar-refractivity contribution in [1.82, 2.24) is 0 Å². The monoisotopic (exact) mass is 486 g/mol. The van der Waals surface area contributed by atoms with Gasteiger partial charge in [-0.15, -0.1) is 11.3 Å². The van der Waals surface area contributed by atoms with Crippen LogP contribution in [0, 0.1) is 0 Å². The number of ketones is 1. The van der Waals surface area contributed by atoms with Crippen molar-refractivity contribution in [2.24, 2.45) is 0 Å². The predicted octanol–water partition coefficient (Wildman–Crippen LogP) is 5.87. The van der Waals surface area contributed by atoms with Crippen LogP contribution in [-0.2, 0) is 11.2 Å². The molecule has 3 aromatic carbocycles. The zero-order valence-electron chi connectivity index (χ0n) is 18.9. The summed E-state index contributed by atoms with van der Waals surface area (Å²) >= 11 is 1.62. The van der Waals surface area contributed by atoms with Crippen molar-refractivity contribution in [3.8, 4) is 27.7 Å². The van der Waals surface area contributed by atoms with Crippen LogP contribution in [0.4, 0.5) is 0 Å². The van der Waals surface area contributed by atoms with Gasteiger partial charge in [-0.1, -0.05) is 30.3 Å². The average molecular weight is 487 g/mol. The molecule has 0 radical (unpaired) electrons. The summed E-state index contributed by atoms with van der Waals surface area (Å²) in [5.41, 5.74) is 2.92. The second-order valence-electron chi connectivity index (χ2n) is 8.01. The number of aliphatic carboxylic acids is 1. The highest BCUT2D eigenvalue weighted by atomic mass is 32.1. The number of fused-ring (bicyclic) bond motifs is 2. The number of para-hydroxylation sites is 1. The molecule has 0 saturated heterocycles. The van der Waals surface area contributed by atoms with Crippen LogP contribution in [0.25, 0.3) is 26.6 Å². The number of methoxy groups -OCH3 is 1. The first kappa shape index (κ1) is 22.7. The molecule has 35 heavy (non-hydrogen) atoms. The van der Waals surface area contributed by atoms with E-state index in [2.05, 4.69) is 12.1 Å². The summed E-state index contributed by atoms with van der Waals surface area (Å²) in [6.45, 7) is 0.0493. The number of hydrogen-bond donors (Lipinski definition) is 1. The third-order valence-electron chi connectivity index (χ3n) is 5.77. The fraction of sp³-hybridized carbons (Fsp3) is 0.143. The van der Waals surface area contributed by atoms with Crippen molar-refractivity contribution in [3.05, 3.63) is 83.4 Å². The van der Waals surface area contributed by atoms with Gasteiger partial charge >= 0.3 is 5.97 Å². The molecule has 0 aliphatic carbocycles. The van der Waals surface area contributed by atoms with Crippen molar-refractivity contribution in [2.45, 2.75) is 6.42 Å². The van der Waals surface area contributed by atoms with Crippen LogP contribution in [0.1, 0.15) is 21.5 Å². The molecular formula is C28H22O6S. The van der Waals surface area contributed by atoms with Gasteiger partial charge < -0.3 is 19.3 Å². The smallest absolute Gasteiger partial charge is 0.341 e. The Labute approximate surface area is 206 Å². The highest BCUT2D eigenvalue weighted by molar-refractivity contribution is 7.22. The van der Waals surface area contributed by atoms with E-state index in [4.69, 9.17) is 19.3 Å². The van der Waals surface area contributed by atoms with Gasteiger partial charge in [0.15, 0.2) is 12.4 Å². The zero-order chi connectivity index (χ0) is 24.4. The second-order valence-corrected chi connectivity index (χ2v) is 9.09. The van der Waals surface area contributed by atoms with E-state index in [1.165, 1.54) is 6.08 Å². The highest BCUT2D eigenvalue weighted by Crippen LogP contribution is 2.42. The molecule has 0 unspecified atom stereocenters. The van der Waals surface area contributed by atoms with Crippen molar-refractivity contribution in [1.29, 1.82) is 0 Å². The molecule has 1 aliphatic rings. The molecule has 0 fully saturated rings. The lowest BCUT2D eigenvalue weighted by molar-refractivity contribution is -0.139. The molecule has 0 spiro atoms. The molecule has 5 rings (SSSR count). The van der Waals surface area contributed by atoms with E-state index >= 15 is 0 Å². The van der Waals surface area contributed by atoms with Gasteiger partial charge in [-0.3, -0.25) is 4.79 Å². The molecule has 2 heterocycles. The molecule has 4 aromatic rings. The van der Waals surface area contributed by atoms with Gasteiger partial charge in [-0.05, 0) is 47.4 Å². The van der Waals surface area contributed by atoms with Crippen molar-refractivity contribution >= 4 is 39.3 Å². The molecule has 0 saturated carbocycles. The quantitative estimate of drug-likeness (QED) is 0.248. The van der Waals surface area contributed by atoms with E-state index in [0.29, 0.717) is 35.0 Å². The Hall–Kier alpha value is -4.10. The summed E-state index contributed by atoms with van der Waals surface area (Å²) in [5, 5.41) is 10.2. The molecule has 0 atom stereocenters. The van der Waals surface area contributed by atoms with Crippen LogP contribution in [0.5, 0.6) is 17.2 Å². The summed E-state index contributed by atoms with van der Waals surface area (Å²) < 4.78 is 18.0. The summed E-state index contributed by atoms with van der Waals surface area (Å²) in [5.74, 6) is 0.195. The van der Waals surface area contributed by atoms with Gasteiger partial charge in [0.2, 0.25) is 0 Å². The van der Waals surface area contributed by atoms with E-state index < -0.39 is 12.6 Å². The average Bonchev–Trinajstić information content (AvgIpc) is 3.52. The fourth-order valence-electron chi connectivity index (χ4n) is 4.11. The third-order valence-corrected chi connectivity index (χ3v) is 6.92. The molecule has 0 bridgehead atoms. The molecule has 7 heteroatoms. The minimum absolute atomic E-state index is 0.202. The predicted molar refractivity (Wildman–Crippen MR) is 136 cm³/mol. The lowest BCUT2D eigenvalue weighted by atomic mass is 10.0. The second kappa shape index (κ2) is 9.64. The summed E-state index contributed by atoms with van der Waals surface area (Å²) in [6.07, 6.45) is 3.88.